The van der Waals surface area contributed by atoms with Crippen LogP contribution < -0.4 is 5.32 Å². The Morgan fingerprint density at radius 2 is 2.27 bits per heavy atom. The SMILES string of the molecule is C=CCNCC(=O)N1CC(C)CCC1C. The Bertz CT molecular complexity index is 228. The van der Waals surface area contributed by atoms with Crippen molar-refractivity contribution in [1.82, 2.24) is 10.2 Å². The minimum Gasteiger partial charge on any atom is -0.339 e. The van der Waals surface area contributed by atoms with Gasteiger partial charge in [0.2, 0.25) is 5.91 Å². The summed E-state index contributed by atoms with van der Waals surface area (Å²) in [5, 5.41) is 3.06. The quantitative estimate of drug-likeness (QED) is 0.562. The number of hydrogen-bond donors (Lipinski definition) is 1. The molecule has 2 atom stereocenters. The number of rotatable bonds is 4. The lowest BCUT2D eigenvalue weighted by Crippen LogP contribution is -2.48. The Morgan fingerprint density at radius 1 is 1.53 bits per heavy atom. The first kappa shape index (κ1) is 12.2. The number of nitrogens with one attached hydrogen (secondary N) is 1. The van der Waals surface area contributed by atoms with E-state index in [0.717, 1.165) is 13.0 Å². The van der Waals surface area contributed by atoms with Gasteiger partial charge >= 0.3 is 0 Å². The van der Waals surface area contributed by atoms with Gasteiger partial charge in [0.1, 0.15) is 0 Å². The Hall–Kier alpha value is -0.830. The van der Waals surface area contributed by atoms with Crippen molar-refractivity contribution in [3.63, 3.8) is 0 Å². The van der Waals surface area contributed by atoms with Crippen LogP contribution in [0.3, 0.4) is 0 Å². The van der Waals surface area contributed by atoms with Gasteiger partial charge in [0.15, 0.2) is 0 Å². The molecule has 1 rings (SSSR count). The monoisotopic (exact) mass is 210 g/mol. The second-order valence-electron chi connectivity index (χ2n) is 4.50. The van der Waals surface area contributed by atoms with Crippen molar-refractivity contribution in [2.45, 2.75) is 32.7 Å². The first-order valence-corrected chi connectivity index (χ1v) is 5.76. The first-order valence-electron chi connectivity index (χ1n) is 5.76. The van der Waals surface area contributed by atoms with Crippen LogP contribution in [0, 0.1) is 5.92 Å². The van der Waals surface area contributed by atoms with Crippen molar-refractivity contribution in [2.24, 2.45) is 5.92 Å². The normalized spacial score (nSPS) is 26.4. The molecule has 0 aromatic carbocycles. The van der Waals surface area contributed by atoms with Crippen molar-refractivity contribution in [2.75, 3.05) is 19.6 Å². The molecule has 1 N–H and O–H groups in total. The molecule has 0 aromatic rings. The zero-order chi connectivity index (χ0) is 11.3. The summed E-state index contributed by atoms with van der Waals surface area (Å²) in [7, 11) is 0. The third-order valence-electron chi connectivity index (χ3n) is 3.00. The van der Waals surface area contributed by atoms with Gasteiger partial charge in [-0.2, -0.15) is 0 Å². The summed E-state index contributed by atoms with van der Waals surface area (Å²) in [5.41, 5.74) is 0. The zero-order valence-corrected chi connectivity index (χ0v) is 9.83. The van der Waals surface area contributed by atoms with E-state index >= 15 is 0 Å². The maximum Gasteiger partial charge on any atom is 0.236 e. The van der Waals surface area contributed by atoms with E-state index in [4.69, 9.17) is 0 Å². The Kier molecular flexibility index (Phi) is 4.82. The molecule has 3 nitrogen and oxygen atoms in total. The molecule has 1 aliphatic rings. The lowest BCUT2D eigenvalue weighted by Gasteiger charge is -2.36. The van der Waals surface area contributed by atoms with E-state index in [1.807, 2.05) is 4.90 Å². The predicted octanol–water partition coefficient (Wildman–Crippen LogP) is 1.41. The minimum absolute atomic E-state index is 0.218. The standard InChI is InChI=1S/C12H22N2O/c1-4-7-13-8-12(15)14-9-10(2)5-6-11(14)3/h4,10-11,13H,1,5-9H2,2-3H3. The van der Waals surface area contributed by atoms with Crippen LogP contribution >= 0.6 is 0 Å². The second-order valence-corrected chi connectivity index (χ2v) is 4.50. The van der Waals surface area contributed by atoms with Gasteiger partial charge in [0.05, 0.1) is 6.54 Å². The lowest BCUT2D eigenvalue weighted by atomic mass is 9.95. The highest BCUT2D eigenvalue weighted by Gasteiger charge is 2.26. The van der Waals surface area contributed by atoms with Gasteiger partial charge in [-0.3, -0.25) is 4.79 Å². The fraction of sp³-hybridized carbons (Fsp3) is 0.750. The van der Waals surface area contributed by atoms with E-state index in [-0.39, 0.29) is 5.91 Å². The molecule has 0 aromatic heterocycles. The molecule has 1 aliphatic heterocycles. The highest BCUT2D eigenvalue weighted by atomic mass is 16.2. The number of nitrogens with zero attached hydrogens (tertiary/aromatic N) is 1. The van der Waals surface area contributed by atoms with Crippen LogP contribution in [-0.2, 0) is 4.79 Å². The third kappa shape index (κ3) is 3.67. The molecule has 1 amide bonds. The van der Waals surface area contributed by atoms with Crippen LogP contribution in [0.2, 0.25) is 0 Å². The van der Waals surface area contributed by atoms with Gasteiger partial charge in [-0.1, -0.05) is 13.0 Å². The van der Waals surface area contributed by atoms with Crippen LogP contribution in [0.4, 0.5) is 0 Å². The number of carbonyl (C=O) groups excluding carboxylic acids is 1. The van der Waals surface area contributed by atoms with E-state index in [2.05, 4.69) is 25.7 Å². The summed E-state index contributed by atoms with van der Waals surface area (Å²) in [4.78, 5) is 13.9. The average molecular weight is 210 g/mol. The van der Waals surface area contributed by atoms with Crippen LogP contribution in [0.15, 0.2) is 12.7 Å². The van der Waals surface area contributed by atoms with Crippen molar-refractivity contribution in [3.8, 4) is 0 Å². The summed E-state index contributed by atoms with van der Waals surface area (Å²) in [6, 6.07) is 0.402. The summed E-state index contributed by atoms with van der Waals surface area (Å²) in [6.07, 6.45) is 4.15. The summed E-state index contributed by atoms with van der Waals surface area (Å²) in [5.74, 6) is 0.862. The Labute approximate surface area is 92.5 Å². The molecule has 3 heteroatoms. The largest absolute Gasteiger partial charge is 0.339 e. The van der Waals surface area contributed by atoms with Gasteiger partial charge in [-0.05, 0) is 25.7 Å². The number of hydrogen-bond acceptors (Lipinski definition) is 2. The van der Waals surface area contributed by atoms with Gasteiger partial charge in [0.25, 0.3) is 0 Å². The van der Waals surface area contributed by atoms with Crippen LogP contribution in [0.25, 0.3) is 0 Å². The number of likely N-dealkylation sites (tertiary alicyclic amines) is 1. The maximum atomic E-state index is 11.9. The van der Waals surface area contributed by atoms with Crippen molar-refractivity contribution in [3.05, 3.63) is 12.7 Å². The predicted molar refractivity (Wildman–Crippen MR) is 62.6 cm³/mol. The fourth-order valence-electron chi connectivity index (χ4n) is 2.02. The van der Waals surface area contributed by atoms with Gasteiger partial charge < -0.3 is 10.2 Å². The number of carbonyl (C=O) groups is 1. The second kappa shape index (κ2) is 5.91. The van der Waals surface area contributed by atoms with Crippen LogP contribution in [0.1, 0.15) is 26.7 Å². The number of amides is 1. The highest BCUT2D eigenvalue weighted by molar-refractivity contribution is 5.78. The van der Waals surface area contributed by atoms with Gasteiger partial charge in [-0.15, -0.1) is 6.58 Å². The van der Waals surface area contributed by atoms with Crippen molar-refractivity contribution < 1.29 is 4.79 Å². The summed E-state index contributed by atoms with van der Waals surface area (Å²) < 4.78 is 0. The first-order chi connectivity index (χ1) is 7.15. The topological polar surface area (TPSA) is 32.3 Å². The minimum atomic E-state index is 0.218. The average Bonchev–Trinajstić information content (AvgIpc) is 2.22. The van der Waals surface area contributed by atoms with Crippen molar-refractivity contribution in [1.29, 1.82) is 0 Å². The molecule has 0 saturated carbocycles. The summed E-state index contributed by atoms with van der Waals surface area (Å²) in [6.45, 7) is 10.0. The van der Waals surface area contributed by atoms with Gasteiger partial charge in [0, 0.05) is 19.1 Å². The Morgan fingerprint density at radius 3 is 2.93 bits per heavy atom. The Balaban J connectivity index is 2.38. The van der Waals surface area contributed by atoms with E-state index in [1.165, 1.54) is 6.42 Å². The zero-order valence-electron chi connectivity index (χ0n) is 9.83. The van der Waals surface area contributed by atoms with Gasteiger partial charge in [-0.25, -0.2) is 0 Å². The molecular weight excluding hydrogens is 188 g/mol. The molecule has 1 fully saturated rings. The summed E-state index contributed by atoms with van der Waals surface area (Å²) >= 11 is 0. The van der Waals surface area contributed by atoms with Crippen molar-refractivity contribution >= 4 is 5.91 Å². The fourth-order valence-corrected chi connectivity index (χ4v) is 2.02. The molecule has 0 radical (unpaired) electrons. The molecule has 0 spiro atoms. The molecule has 1 saturated heterocycles. The van der Waals surface area contributed by atoms with Crippen LogP contribution in [0.5, 0.6) is 0 Å². The highest BCUT2D eigenvalue weighted by Crippen LogP contribution is 2.20. The van der Waals surface area contributed by atoms with E-state index in [0.29, 0.717) is 25.0 Å². The molecular formula is C12H22N2O. The molecule has 86 valence electrons. The molecule has 1 heterocycles. The number of piperidine rings is 1. The molecule has 0 bridgehead atoms. The smallest absolute Gasteiger partial charge is 0.236 e. The van der Waals surface area contributed by atoms with Crippen LogP contribution in [-0.4, -0.2) is 36.5 Å². The molecule has 0 aliphatic carbocycles. The third-order valence-corrected chi connectivity index (χ3v) is 3.00. The van der Waals surface area contributed by atoms with E-state index < -0.39 is 0 Å². The maximum absolute atomic E-state index is 11.9. The van der Waals surface area contributed by atoms with E-state index in [1.54, 1.807) is 6.08 Å². The molecule has 15 heavy (non-hydrogen) atoms. The lowest BCUT2D eigenvalue weighted by molar-refractivity contribution is -0.134. The molecule has 2 unspecified atom stereocenters. The van der Waals surface area contributed by atoms with E-state index in [9.17, 15) is 4.79 Å².